The first-order valence-electron chi connectivity index (χ1n) is 6.60. The van der Waals surface area contributed by atoms with Crippen LogP contribution in [0.25, 0.3) is 11.5 Å². The van der Waals surface area contributed by atoms with Crippen LogP contribution in [0.15, 0.2) is 16.7 Å². The van der Waals surface area contributed by atoms with E-state index in [1.54, 1.807) is 19.2 Å². The molecule has 0 unspecified atom stereocenters. The summed E-state index contributed by atoms with van der Waals surface area (Å²) in [6.45, 7) is 8.39. The number of aromatic nitrogens is 3. The topological polar surface area (TPSA) is 107 Å². The van der Waals surface area contributed by atoms with Crippen LogP contribution in [-0.2, 0) is 0 Å². The molecule has 3 N–H and O–H groups in total. The van der Waals surface area contributed by atoms with E-state index in [1.807, 2.05) is 20.8 Å². The van der Waals surface area contributed by atoms with E-state index in [0.29, 0.717) is 23.5 Å². The van der Waals surface area contributed by atoms with E-state index in [1.165, 1.54) is 0 Å². The van der Waals surface area contributed by atoms with E-state index in [-0.39, 0.29) is 17.2 Å². The van der Waals surface area contributed by atoms with Gasteiger partial charge in [0, 0.05) is 6.54 Å². The molecule has 2 aromatic rings. The Labute approximate surface area is 123 Å². The summed E-state index contributed by atoms with van der Waals surface area (Å²) >= 11 is 0. The highest BCUT2D eigenvalue weighted by molar-refractivity contribution is 5.89. The minimum atomic E-state index is -0.391. The molecule has 0 saturated carbocycles. The maximum absolute atomic E-state index is 11.9. The molecule has 1 amide bonds. The van der Waals surface area contributed by atoms with Crippen LogP contribution < -0.4 is 11.1 Å². The molecule has 7 nitrogen and oxygen atoms in total. The van der Waals surface area contributed by atoms with Gasteiger partial charge in [-0.15, -0.1) is 10.2 Å². The van der Waals surface area contributed by atoms with Crippen molar-refractivity contribution in [2.45, 2.75) is 27.7 Å². The lowest BCUT2D eigenvalue weighted by molar-refractivity contribution is 0.0905. The van der Waals surface area contributed by atoms with Gasteiger partial charge in [-0.05, 0) is 18.4 Å². The summed E-state index contributed by atoms with van der Waals surface area (Å²) in [6, 6.07) is 1.69. The molecule has 0 aliphatic rings. The third-order valence-corrected chi connectivity index (χ3v) is 2.74. The standard InChI is InChI=1S/C14H19N5O2/c1-8-10(5-9(15)6-16-8)12-18-19-13(21-12)11(20)17-7-14(2,3)4/h5-6H,7,15H2,1-4H3,(H,17,20). The van der Waals surface area contributed by atoms with Gasteiger partial charge in [-0.25, -0.2) is 0 Å². The Hall–Kier alpha value is -2.44. The third-order valence-electron chi connectivity index (χ3n) is 2.74. The van der Waals surface area contributed by atoms with Gasteiger partial charge in [0.05, 0.1) is 23.1 Å². The van der Waals surface area contributed by atoms with E-state index in [0.717, 1.165) is 0 Å². The maximum Gasteiger partial charge on any atom is 0.308 e. The number of aryl methyl sites for hydroxylation is 1. The predicted octanol–water partition coefficient (Wildman–Crippen LogP) is 1.80. The first-order valence-corrected chi connectivity index (χ1v) is 6.60. The normalized spacial score (nSPS) is 11.4. The van der Waals surface area contributed by atoms with Crippen molar-refractivity contribution in [3.05, 3.63) is 23.8 Å². The minimum absolute atomic E-state index is 0.0209. The molecule has 0 atom stereocenters. The van der Waals surface area contributed by atoms with Gasteiger partial charge in [0.2, 0.25) is 5.89 Å². The number of hydrogen-bond acceptors (Lipinski definition) is 6. The second-order valence-corrected chi connectivity index (χ2v) is 6.06. The van der Waals surface area contributed by atoms with E-state index in [4.69, 9.17) is 10.2 Å². The number of nitrogen functional groups attached to an aromatic ring is 1. The summed E-state index contributed by atoms with van der Waals surface area (Å²) in [7, 11) is 0. The number of rotatable bonds is 3. The number of hydrogen-bond donors (Lipinski definition) is 2. The highest BCUT2D eigenvalue weighted by atomic mass is 16.4. The van der Waals surface area contributed by atoms with Gasteiger partial charge in [-0.3, -0.25) is 9.78 Å². The van der Waals surface area contributed by atoms with E-state index in [9.17, 15) is 4.79 Å². The smallest absolute Gasteiger partial charge is 0.308 e. The van der Waals surface area contributed by atoms with Crippen LogP contribution in [0, 0.1) is 12.3 Å². The Morgan fingerprint density at radius 2 is 2.10 bits per heavy atom. The predicted molar refractivity (Wildman–Crippen MR) is 78.5 cm³/mol. The molecule has 0 fully saturated rings. The zero-order valence-electron chi connectivity index (χ0n) is 12.6. The summed E-state index contributed by atoms with van der Waals surface area (Å²) in [5.41, 5.74) is 7.49. The Morgan fingerprint density at radius 1 is 1.38 bits per heavy atom. The van der Waals surface area contributed by atoms with E-state index < -0.39 is 5.91 Å². The highest BCUT2D eigenvalue weighted by Crippen LogP contribution is 2.22. The molecule has 0 saturated heterocycles. The second-order valence-electron chi connectivity index (χ2n) is 6.06. The first-order chi connectivity index (χ1) is 9.76. The Kier molecular flexibility index (Phi) is 3.93. The maximum atomic E-state index is 11.9. The summed E-state index contributed by atoms with van der Waals surface area (Å²) < 4.78 is 5.40. The second kappa shape index (κ2) is 5.51. The van der Waals surface area contributed by atoms with Crippen LogP contribution >= 0.6 is 0 Å². The average Bonchev–Trinajstić information content (AvgIpc) is 2.87. The zero-order valence-corrected chi connectivity index (χ0v) is 12.6. The lowest BCUT2D eigenvalue weighted by atomic mass is 9.97. The summed E-state index contributed by atoms with van der Waals surface area (Å²) in [5.74, 6) is -0.234. The fourth-order valence-corrected chi connectivity index (χ4v) is 1.61. The fraction of sp³-hybridized carbons (Fsp3) is 0.429. The Morgan fingerprint density at radius 3 is 2.76 bits per heavy atom. The molecule has 0 aliphatic carbocycles. The molecule has 0 radical (unpaired) electrons. The van der Waals surface area contributed by atoms with E-state index >= 15 is 0 Å². The molecule has 0 aromatic carbocycles. The molecule has 2 rings (SSSR count). The molecule has 0 bridgehead atoms. The number of amides is 1. The van der Waals surface area contributed by atoms with Gasteiger partial charge in [-0.1, -0.05) is 20.8 Å². The van der Waals surface area contributed by atoms with Crippen molar-refractivity contribution >= 4 is 11.6 Å². The molecule has 7 heteroatoms. The highest BCUT2D eigenvalue weighted by Gasteiger charge is 2.19. The van der Waals surface area contributed by atoms with Gasteiger partial charge in [0.25, 0.3) is 0 Å². The van der Waals surface area contributed by atoms with Crippen molar-refractivity contribution in [1.29, 1.82) is 0 Å². The Bertz CT molecular complexity index is 658. The van der Waals surface area contributed by atoms with Gasteiger partial charge < -0.3 is 15.5 Å². The van der Waals surface area contributed by atoms with Crippen LogP contribution in [-0.4, -0.2) is 27.6 Å². The lowest BCUT2D eigenvalue weighted by Gasteiger charge is -2.17. The van der Waals surface area contributed by atoms with Gasteiger partial charge >= 0.3 is 11.8 Å². The lowest BCUT2D eigenvalue weighted by Crippen LogP contribution is -2.32. The fourth-order valence-electron chi connectivity index (χ4n) is 1.61. The van der Waals surface area contributed by atoms with Crippen LogP contribution in [0.4, 0.5) is 5.69 Å². The van der Waals surface area contributed by atoms with Crippen molar-refractivity contribution in [3.63, 3.8) is 0 Å². The van der Waals surface area contributed by atoms with E-state index in [2.05, 4.69) is 20.5 Å². The Balaban J connectivity index is 2.18. The largest absolute Gasteiger partial charge is 0.412 e. The molecule has 112 valence electrons. The van der Waals surface area contributed by atoms with Gasteiger partial charge in [-0.2, -0.15) is 0 Å². The SMILES string of the molecule is Cc1ncc(N)cc1-c1nnc(C(=O)NCC(C)(C)C)o1. The third kappa shape index (κ3) is 3.77. The van der Waals surface area contributed by atoms with Crippen LogP contribution in [0.3, 0.4) is 0 Å². The van der Waals surface area contributed by atoms with Crippen molar-refractivity contribution in [2.24, 2.45) is 5.41 Å². The molecule has 0 aliphatic heterocycles. The number of nitrogens with zero attached hydrogens (tertiary/aromatic N) is 3. The van der Waals surface area contributed by atoms with Crippen molar-refractivity contribution in [3.8, 4) is 11.5 Å². The number of pyridine rings is 1. The molecule has 21 heavy (non-hydrogen) atoms. The van der Waals surface area contributed by atoms with Gasteiger partial charge in [0.15, 0.2) is 0 Å². The zero-order chi connectivity index (χ0) is 15.6. The molecule has 2 aromatic heterocycles. The molecule has 2 heterocycles. The average molecular weight is 289 g/mol. The number of nitrogens with two attached hydrogens (primary N) is 1. The number of nitrogens with one attached hydrogen (secondary N) is 1. The summed E-state index contributed by atoms with van der Waals surface area (Å²) in [5, 5.41) is 10.4. The number of carbonyl (C=O) groups excluding carboxylic acids is 1. The van der Waals surface area contributed by atoms with Crippen LogP contribution in [0.2, 0.25) is 0 Å². The minimum Gasteiger partial charge on any atom is -0.412 e. The molecule has 0 spiro atoms. The quantitative estimate of drug-likeness (QED) is 0.892. The molecular formula is C14H19N5O2. The number of carbonyl (C=O) groups is 1. The first kappa shape index (κ1) is 15.0. The van der Waals surface area contributed by atoms with Crippen LogP contribution in [0.1, 0.15) is 37.2 Å². The van der Waals surface area contributed by atoms with Crippen LogP contribution in [0.5, 0.6) is 0 Å². The van der Waals surface area contributed by atoms with Crippen molar-refractivity contribution in [2.75, 3.05) is 12.3 Å². The summed E-state index contributed by atoms with van der Waals surface area (Å²) in [4.78, 5) is 16.1. The summed E-state index contributed by atoms with van der Waals surface area (Å²) in [6.07, 6.45) is 1.55. The monoisotopic (exact) mass is 289 g/mol. The van der Waals surface area contributed by atoms with Crippen molar-refractivity contribution < 1.29 is 9.21 Å². The molecular weight excluding hydrogens is 270 g/mol. The van der Waals surface area contributed by atoms with Gasteiger partial charge in [0.1, 0.15) is 0 Å². The number of anilines is 1. The van der Waals surface area contributed by atoms with Crippen molar-refractivity contribution in [1.82, 2.24) is 20.5 Å².